The van der Waals surface area contributed by atoms with Gasteiger partial charge in [-0.2, -0.15) is 0 Å². The van der Waals surface area contributed by atoms with Crippen LogP contribution in [-0.4, -0.2) is 62.9 Å². The summed E-state index contributed by atoms with van der Waals surface area (Å²) in [6.07, 6.45) is 8.36. The zero-order valence-electron chi connectivity index (χ0n) is 18.2. The lowest BCUT2D eigenvalue weighted by molar-refractivity contribution is -0.105. The number of hydrogen-bond acceptors (Lipinski definition) is 6. The smallest absolute Gasteiger partial charge is 0.407 e. The summed E-state index contributed by atoms with van der Waals surface area (Å²) >= 11 is 0. The minimum atomic E-state index is -0.361. The van der Waals surface area contributed by atoms with Gasteiger partial charge in [-0.25, -0.2) is 4.79 Å². The first-order valence-corrected chi connectivity index (χ1v) is 11.1. The fourth-order valence-electron chi connectivity index (χ4n) is 4.59. The number of alkyl carbamates (subject to hydrolysis) is 1. The van der Waals surface area contributed by atoms with Crippen LogP contribution in [0.2, 0.25) is 0 Å². The summed E-state index contributed by atoms with van der Waals surface area (Å²) in [6.45, 7) is 6.29. The fraction of sp³-hybridized carbons (Fsp3) is 0.864. The summed E-state index contributed by atoms with van der Waals surface area (Å²) in [5, 5.41) is 2.87. The van der Waals surface area contributed by atoms with Gasteiger partial charge < -0.3 is 30.0 Å². The van der Waals surface area contributed by atoms with E-state index in [1.54, 1.807) is 7.11 Å². The Bertz CT molecular complexity index is 574. The molecule has 0 aromatic rings. The first kappa shape index (κ1) is 22.5. The Kier molecular flexibility index (Phi) is 7.96. The van der Waals surface area contributed by atoms with Crippen LogP contribution in [0.1, 0.15) is 58.8 Å². The molecule has 3 rings (SSSR count). The number of methoxy groups -OCH3 is 1. The summed E-state index contributed by atoms with van der Waals surface area (Å²) in [5.74, 6) is 0.103. The van der Waals surface area contributed by atoms with Gasteiger partial charge in [-0.15, -0.1) is 0 Å². The molecule has 7 nitrogen and oxygen atoms in total. The fourth-order valence-corrected chi connectivity index (χ4v) is 4.59. The van der Waals surface area contributed by atoms with Crippen LogP contribution in [0.15, 0.2) is 11.6 Å². The standard InChI is InChI=1S/C22H38N2O5/c1-15(2)8-9-16-20(28-16)18-19(26-3)17(10-11-22(18)14-27-22)29-21(25)24-13-7-5-4-6-12-23/h8,16-20H,4-7,9-14,23H2,1-3H3,(H,24,25). The molecule has 7 heteroatoms. The number of unbranched alkanes of at least 4 members (excludes halogenated alkanes) is 3. The Labute approximate surface area is 174 Å². The van der Waals surface area contributed by atoms with Gasteiger partial charge >= 0.3 is 6.09 Å². The van der Waals surface area contributed by atoms with Crippen LogP contribution in [-0.2, 0) is 18.9 Å². The Morgan fingerprint density at radius 3 is 2.69 bits per heavy atom. The second-order valence-corrected chi connectivity index (χ2v) is 8.85. The van der Waals surface area contributed by atoms with Crippen LogP contribution in [0.5, 0.6) is 0 Å². The number of nitrogens with two attached hydrogens (primary N) is 1. The molecule has 1 aliphatic carbocycles. The SMILES string of the molecule is COC1C(OC(=O)NCCCCCCN)CCC2(CO2)C1C1OC1CC=C(C)C. The average Bonchev–Trinajstić information content (AvgIpc) is 3.61. The third-order valence-electron chi connectivity index (χ3n) is 6.36. The highest BCUT2D eigenvalue weighted by Gasteiger charge is 2.66. The van der Waals surface area contributed by atoms with Crippen molar-refractivity contribution < 1.29 is 23.7 Å². The number of ether oxygens (including phenoxy) is 4. The van der Waals surface area contributed by atoms with Crippen molar-refractivity contribution in [2.75, 3.05) is 26.8 Å². The minimum Gasteiger partial charge on any atom is -0.443 e. The summed E-state index contributed by atoms with van der Waals surface area (Å²) in [6, 6.07) is 0. The van der Waals surface area contributed by atoms with Gasteiger partial charge in [0.1, 0.15) is 12.2 Å². The monoisotopic (exact) mass is 410 g/mol. The molecule has 0 radical (unpaired) electrons. The third-order valence-corrected chi connectivity index (χ3v) is 6.36. The molecule has 6 unspecified atom stereocenters. The number of allylic oxidation sites excluding steroid dienone is 1. The minimum absolute atomic E-state index is 0.103. The molecule has 0 aromatic heterocycles. The maximum absolute atomic E-state index is 12.3. The molecule has 166 valence electrons. The van der Waals surface area contributed by atoms with Crippen LogP contribution < -0.4 is 11.1 Å². The van der Waals surface area contributed by atoms with E-state index in [-0.39, 0.29) is 42.0 Å². The van der Waals surface area contributed by atoms with Crippen molar-refractivity contribution in [1.29, 1.82) is 0 Å². The van der Waals surface area contributed by atoms with Gasteiger partial charge in [0.15, 0.2) is 0 Å². The zero-order valence-corrected chi connectivity index (χ0v) is 18.2. The maximum Gasteiger partial charge on any atom is 0.407 e. The Morgan fingerprint density at radius 1 is 1.28 bits per heavy atom. The predicted octanol–water partition coefficient (Wildman–Crippen LogP) is 2.92. The lowest BCUT2D eigenvalue weighted by Crippen LogP contribution is -2.53. The van der Waals surface area contributed by atoms with Gasteiger partial charge in [0.2, 0.25) is 0 Å². The van der Waals surface area contributed by atoms with Crippen LogP contribution in [0.4, 0.5) is 4.79 Å². The van der Waals surface area contributed by atoms with Crippen molar-refractivity contribution in [3.05, 3.63) is 11.6 Å². The highest BCUT2D eigenvalue weighted by molar-refractivity contribution is 5.67. The van der Waals surface area contributed by atoms with Gasteiger partial charge in [-0.3, -0.25) is 0 Å². The highest BCUT2D eigenvalue weighted by Crippen LogP contribution is 2.54. The van der Waals surface area contributed by atoms with E-state index < -0.39 is 0 Å². The first-order valence-electron chi connectivity index (χ1n) is 11.1. The van der Waals surface area contributed by atoms with E-state index in [0.29, 0.717) is 6.54 Å². The van der Waals surface area contributed by atoms with E-state index in [1.807, 2.05) is 0 Å². The molecular weight excluding hydrogens is 372 g/mol. The summed E-state index contributed by atoms with van der Waals surface area (Å²) in [7, 11) is 1.69. The molecule has 29 heavy (non-hydrogen) atoms. The maximum atomic E-state index is 12.3. The Morgan fingerprint density at radius 2 is 2.03 bits per heavy atom. The number of carbonyl (C=O) groups excluding carboxylic acids is 1. The van der Waals surface area contributed by atoms with Gasteiger partial charge in [-0.1, -0.05) is 24.5 Å². The van der Waals surface area contributed by atoms with Crippen molar-refractivity contribution in [2.24, 2.45) is 11.7 Å². The predicted molar refractivity (Wildman–Crippen MR) is 111 cm³/mol. The van der Waals surface area contributed by atoms with Crippen molar-refractivity contribution in [1.82, 2.24) is 5.32 Å². The number of epoxide rings is 2. The largest absolute Gasteiger partial charge is 0.443 e. The molecule has 0 aromatic carbocycles. The van der Waals surface area contributed by atoms with E-state index in [9.17, 15) is 4.79 Å². The lowest BCUT2D eigenvalue weighted by Gasteiger charge is -2.40. The van der Waals surface area contributed by atoms with E-state index in [4.69, 9.17) is 24.7 Å². The van der Waals surface area contributed by atoms with E-state index in [1.165, 1.54) is 5.57 Å². The normalized spacial score (nSPS) is 35.2. The van der Waals surface area contributed by atoms with Crippen LogP contribution in [0.3, 0.4) is 0 Å². The van der Waals surface area contributed by atoms with Gasteiger partial charge in [0, 0.05) is 19.6 Å². The second kappa shape index (κ2) is 10.2. The molecule has 1 amide bonds. The third kappa shape index (κ3) is 5.94. The summed E-state index contributed by atoms with van der Waals surface area (Å²) < 4.78 is 23.5. The first-order chi connectivity index (χ1) is 14.0. The average molecular weight is 411 g/mol. The van der Waals surface area contributed by atoms with Crippen molar-refractivity contribution in [3.8, 4) is 0 Å². The number of carbonyl (C=O) groups is 1. The summed E-state index contributed by atoms with van der Waals surface area (Å²) in [4.78, 5) is 12.3. The van der Waals surface area contributed by atoms with Crippen LogP contribution in [0.25, 0.3) is 0 Å². The van der Waals surface area contributed by atoms with Gasteiger partial charge in [0.25, 0.3) is 0 Å². The Hall–Kier alpha value is -1.15. The topological polar surface area (TPSA) is 98.6 Å². The lowest BCUT2D eigenvalue weighted by atomic mass is 9.73. The molecule has 3 aliphatic rings. The number of amides is 1. The molecule has 1 saturated carbocycles. The van der Waals surface area contributed by atoms with Gasteiger partial charge in [0.05, 0.1) is 24.4 Å². The molecule has 6 atom stereocenters. The molecular formula is C22H38N2O5. The van der Waals surface area contributed by atoms with Crippen LogP contribution in [0, 0.1) is 5.92 Å². The number of nitrogens with one attached hydrogen (secondary N) is 1. The van der Waals surface area contributed by atoms with E-state index >= 15 is 0 Å². The van der Waals surface area contributed by atoms with E-state index in [2.05, 4.69) is 25.2 Å². The molecule has 3 N–H and O–H groups in total. The Balaban J connectivity index is 1.50. The van der Waals surface area contributed by atoms with Crippen molar-refractivity contribution in [3.63, 3.8) is 0 Å². The molecule has 2 aliphatic heterocycles. The molecule has 2 heterocycles. The van der Waals surface area contributed by atoms with Crippen molar-refractivity contribution >= 4 is 6.09 Å². The molecule has 3 fully saturated rings. The van der Waals surface area contributed by atoms with Crippen molar-refractivity contribution in [2.45, 2.75) is 88.8 Å². The second-order valence-electron chi connectivity index (χ2n) is 8.85. The highest BCUT2D eigenvalue weighted by atomic mass is 16.6. The number of rotatable bonds is 11. The molecule has 1 spiro atoms. The van der Waals surface area contributed by atoms with Gasteiger partial charge in [-0.05, 0) is 52.5 Å². The molecule has 2 saturated heterocycles. The summed E-state index contributed by atoms with van der Waals surface area (Å²) in [5.41, 5.74) is 6.63. The van der Waals surface area contributed by atoms with E-state index in [0.717, 1.165) is 58.1 Å². The van der Waals surface area contributed by atoms with Crippen LogP contribution >= 0.6 is 0 Å². The quantitative estimate of drug-likeness (QED) is 0.309. The molecule has 0 bridgehead atoms. The number of hydrogen-bond donors (Lipinski definition) is 2. The zero-order chi connectivity index (χ0) is 20.9.